The second kappa shape index (κ2) is 10.9. The Morgan fingerprint density at radius 1 is 1.07 bits per heavy atom. The third-order valence-electron chi connectivity index (χ3n) is 4.27. The Kier molecular flexibility index (Phi) is 8.29. The van der Waals surface area contributed by atoms with Gasteiger partial charge in [0.05, 0.1) is 5.75 Å². The van der Waals surface area contributed by atoms with E-state index in [0.717, 1.165) is 39.6 Å². The third kappa shape index (κ3) is 6.69. The first-order valence-corrected chi connectivity index (χ1v) is 12.3. The number of hydrogen-bond donors (Lipinski definition) is 1. The zero-order chi connectivity index (χ0) is 18.9. The molecular formula is C19H26N4OS3. The number of thioether (sulfide) groups is 2. The van der Waals surface area contributed by atoms with Gasteiger partial charge in [-0.3, -0.25) is 4.79 Å². The van der Waals surface area contributed by atoms with Crippen LogP contribution in [-0.4, -0.2) is 40.7 Å². The number of nitrogens with zero attached hydrogens (tertiary/aromatic N) is 3. The lowest BCUT2D eigenvalue weighted by atomic mass is 10.2. The summed E-state index contributed by atoms with van der Waals surface area (Å²) < 4.78 is 1.82. The van der Waals surface area contributed by atoms with E-state index in [1.54, 1.807) is 23.1 Å². The monoisotopic (exact) mass is 422 g/mol. The number of carbonyl (C=O) groups excluding carboxylic acids is 1. The molecule has 0 unspecified atom stereocenters. The van der Waals surface area contributed by atoms with Gasteiger partial charge in [0.1, 0.15) is 0 Å². The molecule has 8 heteroatoms. The van der Waals surface area contributed by atoms with E-state index in [4.69, 9.17) is 0 Å². The molecule has 0 atom stereocenters. The summed E-state index contributed by atoms with van der Waals surface area (Å²) in [5.41, 5.74) is 2.09. The van der Waals surface area contributed by atoms with E-state index < -0.39 is 0 Å². The van der Waals surface area contributed by atoms with E-state index >= 15 is 0 Å². The topological polar surface area (TPSA) is 58.1 Å². The molecule has 2 aromatic rings. The van der Waals surface area contributed by atoms with E-state index in [2.05, 4.69) is 39.5 Å². The van der Waals surface area contributed by atoms with Crippen molar-refractivity contribution in [3.8, 4) is 0 Å². The minimum absolute atomic E-state index is 0.0134. The van der Waals surface area contributed by atoms with Crippen molar-refractivity contribution in [2.45, 2.75) is 47.7 Å². The van der Waals surface area contributed by atoms with Gasteiger partial charge in [-0.25, -0.2) is 0 Å². The standard InChI is InChI=1S/C19H26N4OS3/c1-2-13-25-18-21-22-19(27-18)26-14-17(24)20-15-7-9-16(10-8-15)23-11-5-3-4-6-12-23/h7-10H,2-6,11-14H2,1H3,(H,20,24). The number of hydrogen-bond acceptors (Lipinski definition) is 7. The van der Waals surface area contributed by atoms with Gasteiger partial charge in [-0.2, -0.15) is 0 Å². The molecule has 1 aromatic heterocycles. The minimum atomic E-state index is -0.0134. The fourth-order valence-corrected chi connectivity index (χ4v) is 5.66. The highest BCUT2D eigenvalue weighted by Gasteiger charge is 2.11. The van der Waals surface area contributed by atoms with Gasteiger partial charge in [0, 0.05) is 30.2 Å². The van der Waals surface area contributed by atoms with Crippen LogP contribution in [0.1, 0.15) is 39.0 Å². The lowest BCUT2D eigenvalue weighted by Gasteiger charge is -2.22. The Morgan fingerprint density at radius 2 is 1.74 bits per heavy atom. The number of benzene rings is 1. The molecule has 0 bridgehead atoms. The van der Waals surface area contributed by atoms with Crippen LogP contribution < -0.4 is 10.2 Å². The van der Waals surface area contributed by atoms with Crippen molar-refractivity contribution in [3.05, 3.63) is 24.3 Å². The number of aromatic nitrogens is 2. The predicted molar refractivity (Wildman–Crippen MR) is 117 cm³/mol. The van der Waals surface area contributed by atoms with Crippen molar-refractivity contribution in [3.63, 3.8) is 0 Å². The highest BCUT2D eigenvalue weighted by Crippen LogP contribution is 2.29. The van der Waals surface area contributed by atoms with Crippen LogP contribution in [0.25, 0.3) is 0 Å². The van der Waals surface area contributed by atoms with E-state index in [0.29, 0.717) is 5.75 Å². The van der Waals surface area contributed by atoms with Gasteiger partial charge in [0.15, 0.2) is 8.68 Å². The van der Waals surface area contributed by atoms with Gasteiger partial charge in [-0.05, 0) is 43.5 Å². The SMILES string of the molecule is CCCSc1nnc(SCC(=O)Nc2ccc(N3CCCCCC3)cc2)s1. The summed E-state index contributed by atoms with van der Waals surface area (Å²) in [6, 6.07) is 8.20. The van der Waals surface area contributed by atoms with E-state index in [1.807, 2.05) is 12.1 Å². The molecule has 1 saturated heterocycles. The summed E-state index contributed by atoms with van der Waals surface area (Å²) in [6.45, 7) is 4.40. The first-order chi connectivity index (χ1) is 13.2. The molecule has 1 N–H and O–H groups in total. The first-order valence-electron chi connectivity index (χ1n) is 9.48. The van der Waals surface area contributed by atoms with Gasteiger partial charge in [-0.15, -0.1) is 10.2 Å². The fraction of sp³-hybridized carbons (Fsp3) is 0.526. The fourth-order valence-electron chi connectivity index (χ4n) is 2.91. The molecule has 0 saturated carbocycles. The summed E-state index contributed by atoms with van der Waals surface area (Å²) in [6.07, 6.45) is 6.30. The maximum absolute atomic E-state index is 12.2. The van der Waals surface area contributed by atoms with Crippen LogP contribution in [0.4, 0.5) is 11.4 Å². The predicted octanol–water partition coefficient (Wildman–Crippen LogP) is 5.15. The largest absolute Gasteiger partial charge is 0.372 e. The van der Waals surface area contributed by atoms with Crippen LogP contribution in [0, 0.1) is 0 Å². The Morgan fingerprint density at radius 3 is 2.41 bits per heavy atom. The normalized spacial score (nSPS) is 14.8. The Balaban J connectivity index is 1.45. The molecule has 27 heavy (non-hydrogen) atoms. The molecule has 1 aliphatic heterocycles. The molecule has 0 aliphatic carbocycles. The molecule has 146 valence electrons. The van der Waals surface area contributed by atoms with Crippen molar-refractivity contribution >= 4 is 52.1 Å². The molecule has 2 heterocycles. The quantitative estimate of drug-likeness (QED) is 0.594. The van der Waals surface area contributed by atoms with Gasteiger partial charge >= 0.3 is 0 Å². The molecule has 0 spiro atoms. The minimum Gasteiger partial charge on any atom is -0.372 e. The van der Waals surface area contributed by atoms with E-state index in [-0.39, 0.29) is 5.91 Å². The Bertz CT molecular complexity index is 712. The third-order valence-corrected chi connectivity index (χ3v) is 7.66. The van der Waals surface area contributed by atoms with Crippen LogP contribution in [0.2, 0.25) is 0 Å². The Labute approximate surface area is 173 Å². The van der Waals surface area contributed by atoms with Gasteiger partial charge < -0.3 is 10.2 Å². The zero-order valence-corrected chi connectivity index (χ0v) is 18.1. The van der Waals surface area contributed by atoms with Gasteiger partial charge in [-0.1, -0.05) is 54.6 Å². The van der Waals surface area contributed by atoms with Crippen molar-refractivity contribution in [2.24, 2.45) is 0 Å². The molecule has 1 amide bonds. The average molecular weight is 423 g/mol. The maximum Gasteiger partial charge on any atom is 0.234 e. The van der Waals surface area contributed by atoms with Crippen LogP contribution in [0.5, 0.6) is 0 Å². The van der Waals surface area contributed by atoms with Crippen molar-refractivity contribution < 1.29 is 4.79 Å². The highest BCUT2D eigenvalue weighted by atomic mass is 32.2. The van der Waals surface area contributed by atoms with Crippen LogP contribution in [0.15, 0.2) is 32.9 Å². The molecule has 3 rings (SSSR count). The number of carbonyl (C=O) groups is 1. The zero-order valence-electron chi connectivity index (χ0n) is 15.6. The summed E-state index contributed by atoms with van der Waals surface area (Å²) in [5.74, 6) is 1.38. The molecule has 1 aliphatic rings. The number of rotatable bonds is 8. The van der Waals surface area contributed by atoms with Crippen LogP contribution >= 0.6 is 34.9 Å². The van der Waals surface area contributed by atoms with E-state index in [1.165, 1.54) is 43.1 Å². The second-order valence-electron chi connectivity index (χ2n) is 6.47. The lowest BCUT2D eigenvalue weighted by molar-refractivity contribution is -0.113. The Hall–Kier alpha value is -1.25. The summed E-state index contributed by atoms with van der Waals surface area (Å²) in [7, 11) is 0. The lowest BCUT2D eigenvalue weighted by Crippen LogP contribution is -2.23. The van der Waals surface area contributed by atoms with Crippen molar-refractivity contribution in [1.82, 2.24) is 10.2 Å². The molecule has 1 aromatic carbocycles. The highest BCUT2D eigenvalue weighted by molar-refractivity contribution is 8.03. The number of anilines is 2. The molecule has 1 fully saturated rings. The molecule has 0 radical (unpaired) electrons. The second-order valence-corrected chi connectivity index (χ2v) is 10.0. The molecule has 5 nitrogen and oxygen atoms in total. The smallest absolute Gasteiger partial charge is 0.234 e. The van der Waals surface area contributed by atoms with Crippen LogP contribution in [0.3, 0.4) is 0 Å². The first kappa shape index (κ1) is 20.5. The van der Waals surface area contributed by atoms with Gasteiger partial charge in [0.2, 0.25) is 5.91 Å². The molecular weight excluding hydrogens is 396 g/mol. The van der Waals surface area contributed by atoms with E-state index in [9.17, 15) is 4.79 Å². The van der Waals surface area contributed by atoms with Crippen molar-refractivity contribution in [1.29, 1.82) is 0 Å². The summed E-state index contributed by atoms with van der Waals surface area (Å²) in [5, 5.41) is 11.3. The summed E-state index contributed by atoms with van der Waals surface area (Å²) in [4.78, 5) is 14.6. The van der Waals surface area contributed by atoms with Crippen molar-refractivity contribution in [2.75, 3.05) is 34.8 Å². The van der Waals surface area contributed by atoms with Gasteiger partial charge in [0.25, 0.3) is 0 Å². The summed E-state index contributed by atoms with van der Waals surface area (Å²) >= 11 is 4.72. The maximum atomic E-state index is 12.2. The number of nitrogens with one attached hydrogen (secondary N) is 1. The number of amides is 1. The van der Waals surface area contributed by atoms with Crippen LogP contribution in [-0.2, 0) is 4.79 Å². The average Bonchev–Trinajstić information content (AvgIpc) is 2.96.